The molecule has 0 aliphatic heterocycles. The number of rotatable bonds is 4. The summed E-state index contributed by atoms with van der Waals surface area (Å²) in [5.41, 5.74) is 2.35. The van der Waals surface area contributed by atoms with Crippen molar-refractivity contribution in [3.05, 3.63) is 66.4 Å². The third kappa shape index (κ3) is 2.60. The van der Waals surface area contributed by atoms with Gasteiger partial charge in [-0.15, -0.1) is 0 Å². The van der Waals surface area contributed by atoms with Crippen molar-refractivity contribution < 1.29 is 9.32 Å². The average molecular weight is 320 g/mol. The molecule has 4 heterocycles. The second kappa shape index (κ2) is 5.92. The van der Waals surface area contributed by atoms with Crippen LogP contribution in [0.5, 0.6) is 0 Å². The number of hydrogen-bond acceptors (Lipinski definition) is 6. The lowest BCUT2D eigenvalue weighted by molar-refractivity contribution is 0.0939. The van der Waals surface area contributed by atoms with Gasteiger partial charge < -0.3 is 9.84 Å². The SMILES string of the molecule is O=C(NCc1cc(-c2ccccn2)no1)c1cccc2ncnn12. The number of nitrogens with one attached hydrogen (secondary N) is 1. The van der Waals surface area contributed by atoms with Crippen LogP contribution < -0.4 is 5.32 Å². The van der Waals surface area contributed by atoms with Crippen molar-refractivity contribution in [1.29, 1.82) is 0 Å². The monoisotopic (exact) mass is 320 g/mol. The predicted octanol–water partition coefficient (Wildman–Crippen LogP) is 1.71. The first-order chi connectivity index (χ1) is 11.8. The molecule has 1 amide bonds. The number of carbonyl (C=O) groups excluding carboxylic acids is 1. The van der Waals surface area contributed by atoms with Gasteiger partial charge in [0.2, 0.25) is 0 Å². The van der Waals surface area contributed by atoms with Gasteiger partial charge in [-0.25, -0.2) is 9.50 Å². The molecular formula is C16H12N6O2. The van der Waals surface area contributed by atoms with E-state index in [0.29, 0.717) is 28.5 Å². The zero-order valence-electron chi connectivity index (χ0n) is 12.5. The van der Waals surface area contributed by atoms with E-state index >= 15 is 0 Å². The van der Waals surface area contributed by atoms with Crippen LogP contribution in [0.3, 0.4) is 0 Å². The van der Waals surface area contributed by atoms with Gasteiger partial charge in [-0.1, -0.05) is 17.3 Å². The van der Waals surface area contributed by atoms with Gasteiger partial charge in [0.1, 0.15) is 17.7 Å². The van der Waals surface area contributed by atoms with E-state index in [0.717, 1.165) is 0 Å². The van der Waals surface area contributed by atoms with E-state index in [4.69, 9.17) is 4.52 Å². The molecule has 4 aromatic rings. The second-order valence-electron chi connectivity index (χ2n) is 5.02. The molecule has 0 saturated carbocycles. The summed E-state index contributed by atoms with van der Waals surface area (Å²) < 4.78 is 6.72. The van der Waals surface area contributed by atoms with Gasteiger partial charge in [0.15, 0.2) is 11.4 Å². The van der Waals surface area contributed by atoms with Crippen molar-refractivity contribution in [2.75, 3.05) is 0 Å². The molecule has 0 bridgehead atoms. The molecule has 8 nitrogen and oxygen atoms in total. The fraction of sp³-hybridized carbons (Fsp3) is 0.0625. The van der Waals surface area contributed by atoms with Crippen LogP contribution in [-0.2, 0) is 6.54 Å². The van der Waals surface area contributed by atoms with Crippen LogP contribution in [0.25, 0.3) is 17.0 Å². The Morgan fingerprint density at radius 1 is 1.12 bits per heavy atom. The molecule has 0 fully saturated rings. The maximum absolute atomic E-state index is 12.3. The van der Waals surface area contributed by atoms with Gasteiger partial charge >= 0.3 is 0 Å². The van der Waals surface area contributed by atoms with E-state index < -0.39 is 0 Å². The molecule has 0 aromatic carbocycles. The van der Waals surface area contributed by atoms with Crippen molar-refractivity contribution >= 4 is 11.6 Å². The fourth-order valence-electron chi connectivity index (χ4n) is 2.31. The van der Waals surface area contributed by atoms with Crippen LogP contribution in [0.15, 0.2) is 59.5 Å². The van der Waals surface area contributed by atoms with Gasteiger partial charge in [-0.05, 0) is 24.3 Å². The van der Waals surface area contributed by atoms with Gasteiger partial charge in [0.25, 0.3) is 5.91 Å². The molecule has 0 radical (unpaired) electrons. The second-order valence-corrected chi connectivity index (χ2v) is 5.02. The van der Waals surface area contributed by atoms with Crippen molar-refractivity contribution in [3.63, 3.8) is 0 Å². The van der Waals surface area contributed by atoms with Crippen molar-refractivity contribution in [3.8, 4) is 11.4 Å². The minimum Gasteiger partial charge on any atom is -0.359 e. The average Bonchev–Trinajstić information content (AvgIpc) is 3.29. The summed E-state index contributed by atoms with van der Waals surface area (Å²) in [6.45, 7) is 0.212. The minimum atomic E-state index is -0.276. The zero-order valence-corrected chi connectivity index (χ0v) is 12.5. The summed E-state index contributed by atoms with van der Waals surface area (Å²) in [6.07, 6.45) is 3.09. The zero-order chi connectivity index (χ0) is 16.4. The Bertz CT molecular complexity index is 992. The largest absolute Gasteiger partial charge is 0.359 e. The standard InChI is InChI=1S/C16H12N6O2/c23-16(14-5-3-6-15-19-10-20-22(14)15)18-9-11-8-13(21-24-11)12-4-1-2-7-17-12/h1-8,10H,9H2,(H,18,23). The van der Waals surface area contributed by atoms with Crippen LogP contribution in [0.4, 0.5) is 0 Å². The summed E-state index contributed by atoms with van der Waals surface area (Å²) in [4.78, 5) is 20.6. The number of nitrogens with zero attached hydrogens (tertiary/aromatic N) is 5. The van der Waals surface area contributed by atoms with Crippen LogP contribution >= 0.6 is 0 Å². The Morgan fingerprint density at radius 3 is 2.96 bits per heavy atom. The number of hydrogen-bond donors (Lipinski definition) is 1. The topological polar surface area (TPSA) is 98.2 Å². The Hall–Kier alpha value is -3.55. The van der Waals surface area contributed by atoms with Crippen molar-refractivity contribution in [2.45, 2.75) is 6.54 Å². The molecule has 0 atom stereocenters. The number of pyridine rings is 2. The summed E-state index contributed by atoms with van der Waals surface area (Å²) in [6, 6.07) is 12.5. The van der Waals surface area contributed by atoms with Crippen LogP contribution in [0.2, 0.25) is 0 Å². The van der Waals surface area contributed by atoms with Crippen LogP contribution in [-0.4, -0.2) is 30.6 Å². The lowest BCUT2D eigenvalue weighted by Crippen LogP contribution is -2.25. The van der Waals surface area contributed by atoms with Gasteiger partial charge in [0, 0.05) is 12.3 Å². The first kappa shape index (κ1) is 14.1. The van der Waals surface area contributed by atoms with Gasteiger partial charge in [-0.3, -0.25) is 9.78 Å². The molecule has 118 valence electrons. The van der Waals surface area contributed by atoms with E-state index in [2.05, 4.69) is 25.5 Å². The summed E-state index contributed by atoms with van der Waals surface area (Å²) in [7, 11) is 0. The molecule has 8 heteroatoms. The maximum atomic E-state index is 12.3. The molecule has 1 N–H and O–H groups in total. The first-order valence-electron chi connectivity index (χ1n) is 7.25. The molecule has 0 saturated heterocycles. The predicted molar refractivity (Wildman–Crippen MR) is 83.9 cm³/mol. The number of aromatic nitrogens is 5. The Morgan fingerprint density at radius 2 is 2.08 bits per heavy atom. The fourth-order valence-corrected chi connectivity index (χ4v) is 2.31. The first-order valence-corrected chi connectivity index (χ1v) is 7.25. The maximum Gasteiger partial charge on any atom is 0.270 e. The van der Waals surface area contributed by atoms with Crippen molar-refractivity contribution in [1.82, 2.24) is 30.1 Å². The molecular weight excluding hydrogens is 308 g/mol. The quantitative estimate of drug-likeness (QED) is 0.614. The highest BCUT2D eigenvalue weighted by atomic mass is 16.5. The third-order valence-electron chi connectivity index (χ3n) is 3.44. The molecule has 0 aliphatic rings. The van der Waals surface area contributed by atoms with Gasteiger partial charge in [0.05, 0.1) is 12.2 Å². The summed E-state index contributed by atoms with van der Waals surface area (Å²) >= 11 is 0. The van der Waals surface area contributed by atoms with E-state index in [1.54, 1.807) is 30.5 Å². The lowest BCUT2D eigenvalue weighted by atomic mass is 10.2. The lowest BCUT2D eigenvalue weighted by Gasteiger charge is -2.04. The summed E-state index contributed by atoms with van der Waals surface area (Å²) in [5, 5.41) is 10.8. The van der Waals surface area contributed by atoms with E-state index in [1.807, 2.05) is 18.2 Å². The Kier molecular flexibility index (Phi) is 3.47. The smallest absolute Gasteiger partial charge is 0.270 e. The van der Waals surface area contributed by atoms with Gasteiger partial charge in [-0.2, -0.15) is 5.10 Å². The summed E-state index contributed by atoms with van der Waals surface area (Å²) in [5.74, 6) is 0.261. The Balaban J connectivity index is 1.48. The van der Waals surface area contributed by atoms with E-state index in [1.165, 1.54) is 10.8 Å². The highest BCUT2D eigenvalue weighted by Gasteiger charge is 2.13. The molecule has 0 spiro atoms. The molecule has 24 heavy (non-hydrogen) atoms. The van der Waals surface area contributed by atoms with E-state index in [-0.39, 0.29) is 12.5 Å². The third-order valence-corrected chi connectivity index (χ3v) is 3.44. The normalized spacial score (nSPS) is 10.8. The van der Waals surface area contributed by atoms with Crippen LogP contribution in [0, 0.1) is 0 Å². The number of carbonyl (C=O) groups is 1. The van der Waals surface area contributed by atoms with E-state index in [9.17, 15) is 4.79 Å². The number of fused-ring (bicyclic) bond motifs is 1. The minimum absolute atomic E-state index is 0.212. The highest BCUT2D eigenvalue weighted by Crippen LogP contribution is 2.16. The Labute approximate surface area is 136 Å². The van der Waals surface area contributed by atoms with Crippen molar-refractivity contribution in [2.24, 2.45) is 0 Å². The molecule has 4 rings (SSSR count). The van der Waals surface area contributed by atoms with Crippen LogP contribution in [0.1, 0.15) is 16.2 Å². The molecule has 0 unspecified atom stereocenters. The highest BCUT2D eigenvalue weighted by molar-refractivity contribution is 5.92. The number of amides is 1. The molecule has 0 aliphatic carbocycles. The molecule has 4 aromatic heterocycles.